The van der Waals surface area contributed by atoms with Crippen LogP contribution in [0.2, 0.25) is 0 Å². The van der Waals surface area contributed by atoms with Crippen LogP contribution in [0.25, 0.3) is 0 Å². The van der Waals surface area contributed by atoms with Crippen molar-refractivity contribution in [2.45, 2.75) is 25.3 Å². The number of benzene rings is 1. The third-order valence-electron chi connectivity index (χ3n) is 3.28. The summed E-state index contributed by atoms with van der Waals surface area (Å²) in [4.78, 5) is 35.7. The van der Waals surface area contributed by atoms with E-state index < -0.39 is 23.8 Å². The molecule has 1 heterocycles. The van der Waals surface area contributed by atoms with Gasteiger partial charge in [-0.1, -0.05) is 12.1 Å². The van der Waals surface area contributed by atoms with Crippen LogP contribution in [0.4, 0.5) is 0 Å². The van der Waals surface area contributed by atoms with E-state index in [0.717, 1.165) is 4.90 Å². The molecular weight excluding hydrogens is 262 g/mol. The Morgan fingerprint density at radius 3 is 2.55 bits per heavy atom. The van der Waals surface area contributed by atoms with Gasteiger partial charge in [0.25, 0.3) is 0 Å². The molecule has 1 aromatic rings. The first kappa shape index (κ1) is 14.0. The zero-order valence-electron chi connectivity index (χ0n) is 11.0. The van der Waals surface area contributed by atoms with Gasteiger partial charge in [-0.05, 0) is 24.1 Å². The maximum absolute atomic E-state index is 12.1. The smallest absolute Gasteiger partial charge is 0.326 e. The summed E-state index contributed by atoms with van der Waals surface area (Å²) in [6.45, 7) is 0. The molecule has 0 aromatic heterocycles. The van der Waals surface area contributed by atoms with Crippen molar-refractivity contribution >= 4 is 17.8 Å². The molecule has 0 bridgehead atoms. The van der Waals surface area contributed by atoms with E-state index in [1.54, 1.807) is 31.4 Å². The summed E-state index contributed by atoms with van der Waals surface area (Å²) in [5, 5.41) is 9.02. The second kappa shape index (κ2) is 5.73. The average Bonchev–Trinajstić information content (AvgIpc) is 2.81. The molecule has 106 valence electrons. The third kappa shape index (κ3) is 2.79. The molecule has 0 aliphatic carbocycles. The number of carbonyl (C=O) groups is 3. The largest absolute Gasteiger partial charge is 0.497 e. The fourth-order valence-corrected chi connectivity index (χ4v) is 2.23. The SMILES string of the molecule is COc1ccc(CC(=O)N2C(=O)CCC2C(=O)O)cc1. The summed E-state index contributed by atoms with van der Waals surface area (Å²) in [6, 6.07) is 5.82. The van der Waals surface area contributed by atoms with E-state index in [1.807, 2.05) is 0 Å². The molecular formula is C14H15NO5. The molecule has 1 aliphatic rings. The van der Waals surface area contributed by atoms with Crippen LogP contribution in [0, 0.1) is 0 Å². The topological polar surface area (TPSA) is 83.9 Å². The van der Waals surface area contributed by atoms with Crippen LogP contribution in [0.15, 0.2) is 24.3 Å². The van der Waals surface area contributed by atoms with Gasteiger partial charge in [-0.15, -0.1) is 0 Å². The molecule has 1 unspecified atom stereocenters. The standard InChI is InChI=1S/C14H15NO5/c1-20-10-4-2-9(3-5-10)8-13(17)15-11(14(18)19)6-7-12(15)16/h2-5,11H,6-8H2,1H3,(H,18,19). The van der Waals surface area contributed by atoms with Gasteiger partial charge in [0.1, 0.15) is 11.8 Å². The summed E-state index contributed by atoms with van der Waals surface area (Å²) < 4.78 is 5.01. The van der Waals surface area contributed by atoms with E-state index in [-0.39, 0.29) is 19.3 Å². The van der Waals surface area contributed by atoms with Crippen LogP contribution >= 0.6 is 0 Å². The molecule has 1 aromatic carbocycles. The number of imide groups is 1. The van der Waals surface area contributed by atoms with Crippen molar-refractivity contribution in [2.75, 3.05) is 7.11 Å². The third-order valence-corrected chi connectivity index (χ3v) is 3.28. The van der Waals surface area contributed by atoms with Crippen molar-refractivity contribution in [2.24, 2.45) is 0 Å². The maximum atomic E-state index is 12.1. The minimum atomic E-state index is -1.14. The molecule has 0 saturated carbocycles. The fourth-order valence-electron chi connectivity index (χ4n) is 2.23. The number of carboxylic acids is 1. The predicted molar refractivity (Wildman–Crippen MR) is 69.2 cm³/mol. The van der Waals surface area contributed by atoms with E-state index in [9.17, 15) is 14.4 Å². The molecule has 20 heavy (non-hydrogen) atoms. The highest BCUT2D eigenvalue weighted by Crippen LogP contribution is 2.21. The number of nitrogens with zero attached hydrogens (tertiary/aromatic N) is 1. The Hall–Kier alpha value is -2.37. The van der Waals surface area contributed by atoms with Gasteiger partial charge in [-0.2, -0.15) is 0 Å². The van der Waals surface area contributed by atoms with Crippen molar-refractivity contribution in [3.63, 3.8) is 0 Å². The van der Waals surface area contributed by atoms with Crippen molar-refractivity contribution < 1.29 is 24.2 Å². The normalized spacial score (nSPS) is 18.1. The Balaban J connectivity index is 2.10. The number of amides is 2. The van der Waals surface area contributed by atoms with E-state index in [2.05, 4.69) is 0 Å². The first-order chi connectivity index (χ1) is 9.52. The summed E-state index contributed by atoms with van der Waals surface area (Å²) in [7, 11) is 1.54. The molecule has 2 amide bonds. The molecule has 1 atom stereocenters. The molecule has 1 N–H and O–H groups in total. The number of rotatable bonds is 4. The zero-order valence-corrected chi connectivity index (χ0v) is 11.0. The van der Waals surface area contributed by atoms with Crippen LogP contribution in [-0.2, 0) is 20.8 Å². The molecule has 6 heteroatoms. The number of carboxylic acid groups (broad SMARTS) is 1. The first-order valence-electron chi connectivity index (χ1n) is 6.23. The summed E-state index contributed by atoms with van der Waals surface area (Å²) in [5.74, 6) is -1.37. The van der Waals surface area contributed by atoms with Crippen LogP contribution in [0.5, 0.6) is 5.75 Å². The summed E-state index contributed by atoms with van der Waals surface area (Å²) >= 11 is 0. The number of aliphatic carboxylic acids is 1. The lowest BCUT2D eigenvalue weighted by atomic mass is 10.1. The van der Waals surface area contributed by atoms with Crippen LogP contribution in [0.1, 0.15) is 18.4 Å². The number of methoxy groups -OCH3 is 1. The van der Waals surface area contributed by atoms with Crippen molar-refractivity contribution in [1.29, 1.82) is 0 Å². The molecule has 1 fully saturated rings. The lowest BCUT2D eigenvalue weighted by Gasteiger charge is -2.19. The molecule has 2 rings (SSSR count). The Morgan fingerprint density at radius 2 is 2.00 bits per heavy atom. The number of carbonyl (C=O) groups excluding carboxylic acids is 2. The van der Waals surface area contributed by atoms with Crippen molar-refractivity contribution in [1.82, 2.24) is 4.90 Å². The molecule has 1 aliphatic heterocycles. The van der Waals surface area contributed by atoms with E-state index in [0.29, 0.717) is 11.3 Å². The second-order valence-electron chi connectivity index (χ2n) is 4.58. The van der Waals surface area contributed by atoms with Crippen LogP contribution in [-0.4, -0.2) is 40.9 Å². The van der Waals surface area contributed by atoms with Gasteiger partial charge in [0.2, 0.25) is 11.8 Å². The quantitative estimate of drug-likeness (QED) is 0.881. The van der Waals surface area contributed by atoms with Crippen molar-refractivity contribution in [3.8, 4) is 5.75 Å². The monoisotopic (exact) mass is 277 g/mol. The summed E-state index contributed by atoms with van der Waals surface area (Å²) in [5.41, 5.74) is 0.708. The van der Waals surface area contributed by atoms with Crippen molar-refractivity contribution in [3.05, 3.63) is 29.8 Å². The second-order valence-corrected chi connectivity index (χ2v) is 4.58. The number of likely N-dealkylation sites (tertiary alicyclic amines) is 1. The first-order valence-corrected chi connectivity index (χ1v) is 6.23. The van der Waals surface area contributed by atoms with Gasteiger partial charge < -0.3 is 9.84 Å². The Morgan fingerprint density at radius 1 is 1.35 bits per heavy atom. The van der Waals surface area contributed by atoms with Gasteiger partial charge >= 0.3 is 5.97 Å². The Bertz CT molecular complexity index is 537. The number of hydrogen-bond donors (Lipinski definition) is 1. The molecule has 0 spiro atoms. The fraction of sp³-hybridized carbons (Fsp3) is 0.357. The average molecular weight is 277 g/mol. The highest BCUT2D eigenvalue weighted by molar-refractivity contribution is 6.02. The molecule has 0 radical (unpaired) electrons. The maximum Gasteiger partial charge on any atom is 0.326 e. The molecule has 1 saturated heterocycles. The molecule has 6 nitrogen and oxygen atoms in total. The van der Waals surface area contributed by atoms with Gasteiger partial charge in [0, 0.05) is 6.42 Å². The minimum Gasteiger partial charge on any atom is -0.497 e. The minimum absolute atomic E-state index is 0.000482. The van der Waals surface area contributed by atoms with Gasteiger partial charge in [-0.3, -0.25) is 14.5 Å². The van der Waals surface area contributed by atoms with Gasteiger partial charge in [-0.25, -0.2) is 4.79 Å². The lowest BCUT2D eigenvalue weighted by Crippen LogP contribution is -2.43. The zero-order chi connectivity index (χ0) is 14.7. The van der Waals surface area contributed by atoms with E-state index in [1.165, 1.54) is 0 Å². The Kier molecular flexibility index (Phi) is 4.02. The summed E-state index contributed by atoms with van der Waals surface area (Å²) in [6.07, 6.45) is 0.285. The Labute approximate surface area is 115 Å². The predicted octanol–water partition coefficient (Wildman–Crippen LogP) is 0.840. The van der Waals surface area contributed by atoms with Gasteiger partial charge in [0.15, 0.2) is 0 Å². The van der Waals surface area contributed by atoms with E-state index >= 15 is 0 Å². The van der Waals surface area contributed by atoms with Crippen LogP contribution in [0.3, 0.4) is 0 Å². The number of ether oxygens (including phenoxy) is 1. The van der Waals surface area contributed by atoms with Crippen LogP contribution < -0.4 is 4.74 Å². The van der Waals surface area contributed by atoms with E-state index in [4.69, 9.17) is 9.84 Å². The highest BCUT2D eigenvalue weighted by atomic mass is 16.5. The highest BCUT2D eigenvalue weighted by Gasteiger charge is 2.39. The lowest BCUT2D eigenvalue weighted by molar-refractivity contribution is -0.153. The number of hydrogen-bond acceptors (Lipinski definition) is 4. The van der Waals surface area contributed by atoms with Gasteiger partial charge in [0.05, 0.1) is 13.5 Å².